The fourth-order valence-electron chi connectivity index (χ4n) is 0.519. The summed E-state index contributed by atoms with van der Waals surface area (Å²) in [6, 6.07) is 0. The zero-order valence-electron chi connectivity index (χ0n) is 7.69. The van der Waals surface area contributed by atoms with Gasteiger partial charge in [-0.05, 0) is 18.4 Å². The van der Waals surface area contributed by atoms with Crippen molar-refractivity contribution in [1.29, 1.82) is 0 Å². The summed E-state index contributed by atoms with van der Waals surface area (Å²) >= 11 is 0. The Labute approximate surface area is 73.7 Å². The molecule has 0 bridgehead atoms. The largest absolute Gasteiger partial charge is 0.539 e. The van der Waals surface area contributed by atoms with E-state index in [2.05, 4.69) is 0 Å². The lowest BCUT2D eigenvalue weighted by molar-refractivity contribution is 0.0554. The van der Waals surface area contributed by atoms with E-state index in [9.17, 15) is 4.57 Å². The lowest BCUT2D eigenvalue weighted by atomic mass is 10.5. The standard InChI is InChI=1S/C7H16O4P/c1-6(2)10-4-5-11-12(9)7(3)8/h6-8H,4-5H2,1-3H3/q+1. The molecule has 2 atom stereocenters. The third-order valence-electron chi connectivity index (χ3n) is 1.06. The van der Waals surface area contributed by atoms with Gasteiger partial charge in [-0.15, -0.1) is 4.52 Å². The summed E-state index contributed by atoms with van der Waals surface area (Å²) in [7, 11) is -1.94. The molecule has 0 fully saturated rings. The third-order valence-corrected chi connectivity index (χ3v) is 2.11. The van der Waals surface area contributed by atoms with Crippen molar-refractivity contribution in [2.24, 2.45) is 0 Å². The molecule has 0 aliphatic carbocycles. The third kappa shape index (κ3) is 6.68. The first-order valence-corrected chi connectivity index (χ1v) is 5.17. The lowest BCUT2D eigenvalue weighted by Gasteiger charge is -2.03. The highest BCUT2D eigenvalue weighted by Crippen LogP contribution is 2.26. The maximum Gasteiger partial charge on any atom is 0.539 e. The monoisotopic (exact) mass is 195 g/mol. The van der Waals surface area contributed by atoms with E-state index >= 15 is 0 Å². The molecule has 0 rings (SSSR count). The minimum Gasteiger partial charge on any atom is -0.376 e. The molecule has 0 radical (unpaired) electrons. The second kappa shape index (κ2) is 6.49. The molecule has 0 aromatic heterocycles. The van der Waals surface area contributed by atoms with Crippen LogP contribution in [-0.4, -0.2) is 30.3 Å². The Bertz CT molecular complexity index is 135. The van der Waals surface area contributed by atoms with Crippen LogP contribution in [0.25, 0.3) is 0 Å². The van der Waals surface area contributed by atoms with Gasteiger partial charge in [-0.2, -0.15) is 0 Å². The minimum atomic E-state index is -1.94. The summed E-state index contributed by atoms with van der Waals surface area (Å²) in [5.41, 5.74) is 0. The van der Waals surface area contributed by atoms with Crippen LogP contribution in [0.5, 0.6) is 0 Å². The fourth-order valence-corrected chi connectivity index (χ4v) is 0.989. The normalized spacial score (nSPS) is 14.9. The Balaban J connectivity index is 3.26. The number of hydrogen-bond donors (Lipinski definition) is 1. The van der Waals surface area contributed by atoms with Crippen LogP contribution in [0.2, 0.25) is 0 Å². The van der Waals surface area contributed by atoms with Crippen molar-refractivity contribution in [3.8, 4) is 0 Å². The van der Waals surface area contributed by atoms with Crippen molar-refractivity contribution in [3.05, 3.63) is 0 Å². The molecule has 0 aliphatic heterocycles. The Kier molecular flexibility index (Phi) is 6.48. The van der Waals surface area contributed by atoms with E-state index in [1.54, 1.807) is 0 Å². The van der Waals surface area contributed by atoms with Crippen LogP contribution < -0.4 is 0 Å². The summed E-state index contributed by atoms with van der Waals surface area (Å²) in [4.78, 5) is 0. The van der Waals surface area contributed by atoms with Crippen LogP contribution >= 0.6 is 8.03 Å². The molecule has 0 heterocycles. The van der Waals surface area contributed by atoms with Crippen LogP contribution in [0, 0.1) is 0 Å². The molecule has 4 nitrogen and oxygen atoms in total. The first kappa shape index (κ1) is 12.0. The van der Waals surface area contributed by atoms with Gasteiger partial charge in [-0.1, -0.05) is 0 Å². The molecular formula is C7H16O4P+. The molecule has 0 aliphatic rings. The molecule has 1 N–H and O–H groups in total. The fraction of sp³-hybridized carbons (Fsp3) is 1.00. The highest BCUT2D eigenvalue weighted by Gasteiger charge is 2.24. The van der Waals surface area contributed by atoms with Crippen molar-refractivity contribution in [2.75, 3.05) is 13.2 Å². The van der Waals surface area contributed by atoms with Gasteiger partial charge in [0.2, 0.25) is 0 Å². The van der Waals surface area contributed by atoms with Gasteiger partial charge in [-0.3, -0.25) is 0 Å². The average molecular weight is 195 g/mol. The first-order valence-electron chi connectivity index (χ1n) is 3.93. The zero-order valence-corrected chi connectivity index (χ0v) is 8.58. The van der Waals surface area contributed by atoms with Gasteiger partial charge >= 0.3 is 8.03 Å². The van der Waals surface area contributed by atoms with Gasteiger partial charge < -0.3 is 9.84 Å². The second-order valence-electron chi connectivity index (χ2n) is 2.67. The van der Waals surface area contributed by atoms with Gasteiger partial charge in [0.25, 0.3) is 5.85 Å². The predicted octanol–water partition coefficient (Wildman–Crippen LogP) is 1.51. The average Bonchev–Trinajstić information content (AvgIpc) is 1.97. The number of ether oxygens (including phenoxy) is 1. The maximum atomic E-state index is 10.8. The highest BCUT2D eigenvalue weighted by molar-refractivity contribution is 7.39. The summed E-state index contributed by atoms with van der Waals surface area (Å²) in [6.45, 7) is 5.93. The molecule has 0 saturated carbocycles. The van der Waals surface area contributed by atoms with Crippen LogP contribution in [-0.2, 0) is 13.8 Å². The van der Waals surface area contributed by atoms with E-state index in [0.29, 0.717) is 6.61 Å². The highest BCUT2D eigenvalue weighted by atomic mass is 31.1. The van der Waals surface area contributed by atoms with Crippen LogP contribution in [0.4, 0.5) is 0 Å². The van der Waals surface area contributed by atoms with Crippen LogP contribution in [0.3, 0.4) is 0 Å². The van der Waals surface area contributed by atoms with Gasteiger partial charge in [0.15, 0.2) is 0 Å². The SMILES string of the molecule is CC(C)OCCO[P+](=O)C(C)O. The molecule has 0 amide bonds. The summed E-state index contributed by atoms with van der Waals surface area (Å²) in [5, 5.41) is 8.78. The summed E-state index contributed by atoms with van der Waals surface area (Å²) < 4.78 is 20.7. The zero-order chi connectivity index (χ0) is 9.56. The molecular weight excluding hydrogens is 179 g/mol. The van der Waals surface area contributed by atoms with Gasteiger partial charge in [-0.25, -0.2) is 0 Å². The Morgan fingerprint density at radius 3 is 2.33 bits per heavy atom. The molecule has 0 aromatic rings. The quantitative estimate of drug-likeness (QED) is 0.515. The minimum absolute atomic E-state index is 0.151. The number of rotatable bonds is 6. The summed E-state index contributed by atoms with van der Waals surface area (Å²) in [5.74, 6) is -0.904. The molecule has 2 unspecified atom stereocenters. The van der Waals surface area contributed by atoms with E-state index in [-0.39, 0.29) is 12.7 Å². The van der Waals surface area contributed by atoms with Crippen molar-refractivity contribution in [3.63, 3.8) is 0 Å². The van der Waals surface area contributed by atoms with Crippen molar-refractivity contribution < 1.29 is 18.9 Å². The van der Waals surface area contributed by atoms with Gasteiger partial charge in [0.1, 0.15) is 6.61 Å². The maximum absolute atomic E-state index is 10.8. The van der Waals surface area contributed by atoms with E-state index in [1.807, 2.05) is 13.8 Å². The molecule has 0 saturated heterocycles. The summed E-state index contributed by atoms with van der Waals surface area (Å²) in [6.07, 6.45) is 0.151. The van der Waals surface area contributed by atoms with E-state index in [1.165, 1.54) is 6.92 Å². The topological polar surface area (TPSA) is 55.8 Å². The molecule has 0 spiro atoms. The Hall–Kier alpha value is -0.0200. The van der Waals surface area contributed by atoms with Crippen molar-refractivity contribution in [1.82, 2.24) is 0 Å². The number of hydrogen-bond acceptors (Lipinski definition) is 4. The molecule has 72 valence electrons. The van der Waals surface area contributed by atoms with Crippen molar-refractivity contribution >= 4 is 8.03 Å². The van der Waals surface area contributed by atoms with E-state index < -0.39 is 13.9 Å². The lowest BCUT2D eigenvalue weighted by Crippen LogP contribution is -2.08. The number of aliphatic hydroxyl groups excluding tert-OH is 1. The molecule has 0 aromatic carbocycles. The Morgan fingerprint density at radius 1 is 1.33 bits per heavy atom. The van der Waals surface area contributed by atoms with E-state index in [4.69, 9.17) is 14.4 Å². The van der Waals surface area contributed by atoms with E-state index in [0.717, 1.165) is 0 Å². The second-order valence-corrected chi connectivity index (χ2v) is 4.25. The first-order chi connectivity index (χ1) is 5.54. The van der Waals surface area contributed by atoms with Crippen LogP contribution in [0.15, 0.2) is 0 Å². The molecule has 5 heteroatoms. The number of aliphatic hydroxyl groups is 1. The predicted molar refractivity (Wildman–Crippen MR) is 46.3 cm³/mol. The van der Waals surface area contributed by atoms with Gasteiger partial charge in [0.05, 0.1) is 12.7 Å². The van der Waals surface area contributed by atoms with Gasteiger partial charge in [0, 0.05) is 6.92 Å². The smallest absolute Gasteiger partial charge is 0.376 e. The Morgan fingerprint density at radius 2 is 1.92 bits per heavy atom. The van der Waals surface area contributed by atoms with Crippen LogP contribution in [0.1, 0.15) is 20.8 Å². The molecule has 12 heavy (non-hydrogen) atoms. The van der Waals surface area contributed by atoms with Crippen molar-refractivity contribution in [2.45, 2.75) is 32.7 Å².